The maximum Gasteiger partial charge on any atom is -0.00207 e. The van der Waals surface area contributed by atoms with Gasteiger partial charge in [0.15, 0.2) is 0 Å². The van der Waals surface area contributed by atoms with Crippen LogP contribution in [0.1, 0.15) is 49.8 Å². The molecule has 0 saturated heterocycles. The van der Waals surface area contributed by atoms with E-state index in [1.807, 2.05) is 0 Å². The van der Waals surface area contributed by atoms with Gasteiger partial charge in [-0.25, -0.2) is 0 Å². The van der Waals surface area contributed by atoms with Crippen molar-refractivity contribution >= 4 is 0 Å². The zero-order valence-corrected chi connectivity index (χ0v) is 13.9. The van der Waals surface area contributed by atoms with E-state index in [0.717, 1.165) is 11.8 Å². The van der Waals surface area contributed by atoms with Crippen molar-refractivity contribution in [2.24, 2.45) is 17.3 Å². The van der Waals surface area contributed by atoms with Crippen LogP contribution in [0.3, 0.4) is 0 Å². The number of hydrogen-bond donors (Lipinski definition) is 1. The third-order valence-corrected chi connectivity index (χ3v) is 4.92. The maximum atomic E-state index is 3.40. The lowest BCUT2D eigenvalue weighted by Gasteiger charge is -2.41. The Balaban J connectivity index is 2.13. The van der Waals surface area contributed by atoms with Gasteiger partial charge in [-0.05, 0) is 75.9 Å². The number of nitrogens with one attached hydrogen (secondary N) is 1. The Hall–Kier alpha value is -0.820. The van der Waals surface area contributed by atoms with E-state index in [2.05, 4.69) is 58.3 Å². The van der Waals surface area contributed by atoms with Crippen LogP contribution in [-0.2, 0) is 6.42 Å². The molecule has 1 heteroatoms. The molecule has 1 nitrogen and oxygen atoms in total. The molecule has 1 aliphatic carbocycles. The van der Waals surface area contributed by atoms with E-state index in [0.29, 0.717) is 5.41 Å². The van der Waals surface area contributed by atoms with Crippen LogP contribution in [0.5, 0.6) is 0 Å². The van der Waals surface area contributed by atoms with Gasteiger partial charge in [-0.15, -0.1) is 0 Å². The molecule has 0 radical (unpaired) electrons. The Kier molecular flexibility index (Phi) is 4.90. The van der Waals surface area contributed by atoms with Crippen LogP contribution in [0.25, 0.3) is 0 Å². The van der Waals surface area contributed by atoms with Gasteiger partial charge in [-0.3, -0.25) is 0 Å². The highest BCUT2D eigenvalue weighted by Crippen LogP contribution is 2.43. The summed E-state index contributed by atoms with van der Waals surface area (Å²) in [6.45, 7) is 10.5. The molecule has 1 aromatic carbocycles. The Labute approximate surface area is 125 Å². The van der Waals surface area contributed by atoms with Gasteiger partial charge in [0.2, 0.25) is 0 Å². The molecule has 1 saturated carbocycles. The lowest BCUT2D eigenvalue weighted by atomic mass is 9.65. The molecule has 2 unspecified atom stereocenters. The van der Waals surface area contributed by atoms with Gasteiger partial charge in [-0.1, -0.05) is 43.2 Å². The second-order valence-corrected chi connectivity index (χ2v) is 7.68. The van der Waals surface area contributed by atoms with Crippen LogP contribution in [0.2, 0.25) is 0 Å². The van der Waals surface area contributed by atoms with Crippen LogP contribution < -0.4 is 5.32 Å². The van der Waals surface area contributed by atoms with Gasteiger partial charge in [-0.2, -0.15) is 0 Å². The lowest BCUT2D eigenvalue weighted by molar-refractivity contribution is 0.117. The molecule has 0 aliphatic heterocycles. The zero-order valence-electron chi connectivity index (χ0n) is 13.9. The minimum Gasteiger partial charge on any atom is -0.319 e. The molecule has 1 N–H and O–H groups in total. The van der Waals surface area contributed by atoms with E-state index in [4.69, 9.17) is 0 Å². The molecular formula is C19H31N. The third-order valence-electron chi connectivity index (χ3n) is 4.92. The molecule has 1 aromatic rings. The first-order valence-electron chi connectivity index (χ1n) is 8.11. The first kappa shape index (κ1) is 15.6. The molecule has 1 fully saturated rings. The quantitative estimate of drug-likeness (QED) is 0.851. The Morgan fingerprint density at radius 3 is 2.35 bits per heavy atom. The number of benzene rings is 1. The van der Waals surface area contributed by atoms with Gasteiger partial charge in [0.1, 0.15) is 0 Å². The van der Waals surface area contributed by atoms with E-state index in [1.54, 1.807) is 0 Å². The predicted octanol–water partition coefficient (Wildman–Crippen LogP) is 4.51. The minimum atomic E-state index is 0.522. The summed E-state index contributed by atoms with van der Waals surface area (Å²) in [6.07, 6.45) is 5.37. The monoisotopic (exact) mass is 273 g/mol. The Morgan fingerprint density at radius 2 is 1.75 bits per heavy atom. The summed E-state index contributed by atoms with van der Waals surface area (Å²) in [7, 11) is 2.09. The fraction of sp³-hybridized carbons (Fsp3) is 0.684. The summed E-state index contributed by atoms with van der Waals surface area (Å²) < 4.78 is 0. The second-order valence-electron chi connectivity index (χ2n) is 7.68. The van der Waals surface area contributed by atoms with Gasteiger partial charge in [0, 0.05) is 0 Å². The number of hydrogen-bond acceptors (Lipinski definition) is 1. The fourth-order valence-corrected chi connectivity index (χ4v) is 4.05. The summed E-state index contributed by atoms with van der Waals surface area (Å²) >= 11 is 0. The Morgan fingerprint density at radius 1 is 1.10 bits per heavy atom. The summed E-state index contributed by atoms with van der Waals surface area (Å²) in [5, 5.41) is 3.40. The van der Waals surface area contributed by atoms with E-state index >= 15 is 0 Å². The third kappa shape index (κ3) is 4.09. The SMILES string of the molecule is CNCC1CCC(C)(C)CC1Cc1cc(C)cc(C)c1. The van der Waals surface area contributed by atoms with Crippen molar-refractivity contribution in [1.29, 1.82) is 0 Å². The highest BCUT2D eigenvalue weighted by Gasteiger charge is 2.34. The number of rotatable bonds is 4. The Bertz CT molecular complexity index is 427. The average Bonchev–Trinajstić information content (AvgIpc) is 2.31. The highest BCUT2D eigenvalue weighted by molar-refractivity contribution is 5.29. The fourth-order valence-electron chi connectivity index (χ4n) is 4.05. The van der Waals surface area contributed by atoms with Crippen molar-refractivity contribution < 1.29 is 0 Å². The second kappa shape index (κ2) is 6.30. The largest absolute Gasteiger partial charge is 0.319 e. The molecular weight excluding hydrogens is 242 g/mol. The summed E-state index contributed by atoms with van der Waals surface area (Å²) in [5.41, 5.74) is 4.86. The van der Waals surface area contributed by atoms with Gasteiger partial charge in [0.25, 0.3) is 0 Å². The summed E-state index contributed by atoms with van der Waals surface area (Å²) in [4.78, 5) is 0. The zero-order chi connectivity index (χ0) is 14.8. The van der Waals surface area contributed by atoms with Crippen LogP contribution in [-0.4, -0.2) is 13.6 Å². The molecule has 20 heavy (non-hydrogen) atoms. The van der Waals surface area contributed by atoms with Crippen molar-refractivity contribution in [1.82, 2.24) is 5.32 Å². The molecule has 0 amide bonds. The van der Waals surface area contributed by atoms with Gasteiger partial charge >= 0.3 is 0 Å². The van der Waals surface area contributed by atoms with Crippen molar-refractivity contribution in [2.75, 3.05) is 13.6 Å². The van der Waals surface area contributed by atoms with Crippen molar-refractivity contribution in [3.63, 3.8) is 0 Å². The topological polar surface area (TPSA) is 12.0 Å². The predicted molar refractivity (Wildman–Crippen MR) is 88.2 cm³/mol. The van der Waals surface area contributed by atoms with Crippen LogP contribution in [0, 0.1) is 31.1 Å². The van der Waals surface area contributed by atoms with Crippen molar-refractivity contribution in [2.45, 2.75) is 53.4 Å². The highest BCUT2D eigenvalue weighted by atomic mass is 14.8. The molecule has 2 rings (SSSR count). The first-order chi connectivity index (χ1) is 9.39. The minimum absolute atomic E-state index is 0.522. The van der Waals surface area contributed by atoms with Crippen LogP contribution in [0.15, 0.2) is 18.2 Å². The van der Waals surface area contributed by atoms with E-state index in [9.17, 15) is 0 Å². The van der Waals surface area contributed by atoms with E-state index in [-0.39, 0.29) is 0 Å². The maximum absolute atomic E-state index is 3.40. The van der Waals surface area contributed by atoms with Crippen molar-refractivity contribution in [3.8, 4) is 0 Å². The van der Waals surface area contributed by atoms with Crippen LogP contribution >= 0.6 is 0 Å². The van der Waals surface area contributed by atoms with E-state index in [1.165, 1.54) is 48.9 Å². The standard InChI is InChI=1S/C19H31N/c1-14-8-15(2)10-16(9-14)11-18-12-19(3,4)7-6-17(18)13-20-5/h8-10,17-18,20H,6-7,11-13H2,1-5H3. The molecule has 112 valence electrons. The smallest absolute Gasteiger partial charge is 0.00207 e. The number of aryl methyl sites for hydroxylation is 2. The van der Waals surface area contributed by atoms with Crippen LogP contribution in [0.4, 0.5) is 0 Å². The van der Waals surface area contributed by atoms with Crippen molar-refractivity contribution in [3.05, 3.63) is 34.9 Å². The molecule has 0 heterocycles. The molecule has 0 spiro atoms. The molecule has 1 aliphatic rings. The molecule has 2 atom stereocenters. The van der Waals surface area contributed by atoms with E-state index < -0.39 is 0 Å². The summed E-state index contributed by atoms with van der Waals surface area (Å²) in [6, 6.07) is 7.04. The lowest BCUT2D eigenvalue weighted by Crippen LogP contribution is -2.36. The normalized spacial score (nSPS) is 25.6. The molecule has 0 aromatic heterocycles. The summed E-state index contributed by atoms with van der Waals surface area (Å²) in [5.74, 6) is 1.67. The average molecular weight is 273 g/mol. The van der Waals surface area contributed by atoms with Gasteiger partial charge in [0.05, 0.1) is 0 Å². The first-order valence-corrected chi connectivity index (χ1v) is 8.11. The molecule has 0 bridgehead atoms. The van der Waals surface area contributed by atoms with Gasteiger partial charge < -0.3 is 5.32 Å².